The molecule has 0 aliphatic heterocycles. The molecule has 0 aliphatic carbocycles. The van der Waals surface area contributed by atoms with Crippen molar-refractivity contribution in [2.45, 2.75) is 6.54 Å². The molecule has 14 heavy (non-hydrogen) atoms. The maximum Gasteiger partial charge on any atom is 0.120 e. The molecule has 2 aromatic heterocycles. The van der Waals surface area contributed by atoms with Crippen molar-refractivity contribution in [2.75, 3.05) is 0 Å². The van der Waals surface area contributed by atoms with Crippen LogP contribution in [0.2, 0.25) is 0 Å². The molecular formula is C10H10N4. The third-order valence-electron chi connectivity index (χ3n) is 2.24. The van der Waals surface area contributed by atoms with E-state index in [0.717, 1.165) is 12.2 Å². The Morgan fingerprint density at radius 3 is 2.93 bits per heavy atom. The fourth-order valence-corrected chi connectivity index (χ4v) is 1.39. The van der Waals surface area contributed by atoms with E-state index in [1.807, 2.05) is 34.5 Å². The molecule has 0 fully saturated rings. The number of nitrogens with zero attached hydrogens (tertiary/aromatic N) is 4. The van der Waals surface area contributed by atoms with E-state index in [9.17, 15) is 0 Å². The maximum atomic E-state index is 8.77. The molecule has 0 saturated heterocycles. The molecular weight excluding hydrogens is 176 g/mol. The van der Waals surface area contributed by atoms with Gasteiger partial charge in [0.05, 0.1) is 12.9 Å². The zero-order valence-corrected chi connectivity index (χ0v) is 7.88. The average molecular weight is 186 g/mol. The summed E-state index contributed by atoms with van der Waals surface area (Å²) in [4.78, 5) is 3.96. The maximum absolute atomic E-state index is 8.77. The highest BCUT2D eigenvalue weighted by Gasteiger charge is 2.03. The molecule has 4 heteroatoms. The second kappa shape index (κ2) is 3.38. The van der Waals surface area contributed by atoms with Gasteiger partial charge in [0.2, 0.25) is 0 Å². The van der Waals surface area contributed by atoms with Gasteiger partial charge in [-0.1, -0.05) is 0 Å². The van der Waals surface area contributed by atoms with Crippen LogP contribution in [0.15, 0.2) is 30.9 Å². The Kier molecular flexibility index (Phi) is 2.07. The quantitative estimate of drug-likeness (QED) is 0.706. The van der Waals surface area contributed by atoms with E-state index < -0.39 is 0 Å². The first kappa shape index (κ1) is 8.57. The average Bonchev–Trinajstić information content (AvgIpc) is 2.79. The minimum Gasteiger partial charge on any atom is -0.338 e. The van der Waals surface area contributed by atoms with Gasteiger partial charge in [0, 0.05) is 25.1 Å². The zero-order valence-electron chi connectivity index (χ0n) is 7.88. The van der Waals surface area contributed by atoms with Crippen LogP contribution in [0.3, 0.4) is 0 Å². The lowest BCUT2D eigenvalue weighted by molar-refractivity contribution is 0.719. The van der Waals surface area contributed by atoms with Crippen molar-refractivity contribution in [3.8, 4) is 6.07 Å². The lowest BCUT2D eigenvalue weighted by Crippen LogP contribution is -2.03. The molecule has 0 unspecified atom stereocenters. The number of nitriles is 1. The fraction of sp³-hybridized carbons (Fsp3) is 0.200. The van der Waals surface area contributed by atoms with Gasteiger partial charge in [-0.3, -0.25) is 0 Å². The Bertz CT molecular complexity index is 459. The fourth-order valence-electron chi connectivity index (χ4n) is 1.39. The van der Waals surface area contributed by atoms with Crippen molar-refractivity contribution in [3.63, 3.8) is 0 Å². The van der Waals surface area contributed by atoms with Gasteiger partial charge in [0.25, 0.3) is 0 Å². The number of imidazole rings is 1. The first-order valence-electron chi connectivity index (χ1n) is 4.31. The first-order chi connectivity index (χ1) is 6.81. The lowest BCUT2D eigenvalue weighted by Gasteiger charge is -2.04. The zero-order chi connectivity index (χ0) is 9.97. The highest BCUT2D eigenvalue weighted by molar-refractivity contribution is 5.26. The molecule has 0 aliphatic rings. The minimum absolute atomic E-state index is 0.681. The molecule has 0 amide bonds. The standard InChI is InChI=1S/C10H10N4/c1-13-9(6-11)2-3-10(13)7-14-5-4-12-8-14/h2-5,8H,7H2,1H3. The highest BCUT2D eigenvalue weighted by atomic mass is 15.1. The third-order valence-corrected chi connectivity index (χ3v) is 2.24. The second-order valence-corrected chi connectivity index (χ2v) is 3.12. The van der Waals surface area contributed by atoms with Gasteiger partial charge < -0.3 is 9.13 Å². The molecule has 2 rings (SSSR count). The predicted octanol–water partition coefficient (Wildman–Crippen LogP) is 1.14. The van der Waals surface area contributed by atoms with E-state index in [4.69, 9.17) is 5.26 Å². The summed E-state index contributed by atoms with van der Waals surface area (Å²) < 4.78 is 3.86. The summed E-state index contributed by atoms with van der Waals surface area (Å²) in [5.41, 5.74) is 1.78. The molecule has 0 spiro atoms. The summed E-state index contributed by atoms with van der Waals surface area (Å²) in [6.07, 6.45) is 5.41. The van der Waals surface area contributed by atoms with Gasteiger partial charge in [-0.15, -0.1) is 0 Å². The molecule has 0 radical (unpaired) electrons. The van der Waals surface area contributed by atoms with E-state index in [1.165, 1.54) is 0 Å². The first-order valence-corrected chi connectivity index (χ1v) is 4.31. The highest BCUT2D eigenvalue weighted by Crippen LogP contribution is 2.07. The predicted molar refractivity (Wildman–Crippen MR) is 51.5 cm³/mol. The molecule has 2 aromatic rings. The molecule has 0 aromatic carbocycles. The summed E-state index contributed by atoms with van der Waals surface area (Å²) in [5, 5.41) is 8.77. The van der Waals surface area contributed by atoms with Gasteiger partial charge >= 0.3 is 0 Å². The van der Waals surface area contributed by atoms with E-state index in [1.54, 1.807) is 12.5 Å². The van der Waals surface area contributed by atoms with Gasteiger partial charge in [0.1, 0.15) is 11.8 Å². The molecule has 0 N–H and O–H groups in total. The normalized spacial score (nSPS) is 10.0. The van der Waals surface area contributed by atoms with E-state index >= 15 is 0 Å². The number of rotatable bonds is 2. The largest absolute Gasteiger partial charge is 0.338 e. The van der Waals surface area contributed by atoms with Crippen LogP contribution in [0, 0.1) is 11.3 Å². The summed E-state index contributed by atoms with van der Waals surface area (Å²) in [5.74, 6) is 0. The molecule has 2 heterocycles. The van der Waals surface area contributed by atoms with Crippen LogP contribution < -0.4 is 0 Å². The van der Waals surface area contributed by atoms with Crippen molar-refractivity contribution in [1.29, 1.82) is 5.26 Å². The van der Waals surface area contributed by atoms with Crippen molar-refractivity contribution in [3.05, 3.63) is 42.2 Å². The van der Waals surface area contributed by atoms with Gasteiger partial charge in [-0.25, -0.2) is 4.98 Å². The van der Waals surface area contributed by atoms with Crippen LogP contribution in [-0.2, 0) is 13.6 Å². The van der Waals surface area contributed by atoms with Crippen molar-refractivity contribution < 1.29 is 0 Å². The van der Waals surface area contributed by atoms with Gasteiger partial charge in [-0.05, 0) is 12.1 Å². The molecule has 0 saturated carbocycles. The van der Waals surface area contributed by atoms with E-state index in [-0.39, 0.29) is 0 Å². The molecule has 70 valence electrons. The monoisotopic (exact) mass is 186 g/mol. The molecule has 0 atom stereocenters. The van der Waals surface area contributed by atoms with Crippen molar-refractivity contribution >= 4 is 0 Å². The van der Waals surface area contributed by atoms with Gasteiger partial charge in [0.15, 0.2) is 0 Å². The van der Waals surface area contributed by atoms with Gasteiger partial charge in [-0.2, -0.15) is 5.26 Å². The summed E-state index contributed by atoms with van der Waals surface area (Å²) in [6.45, 7) is 0.748. The van der Waals surface area contributed by atoms with Crippen molar-refractivity contribution in [1.82, 2.24) is 14.1 Å². The number of hydrogen-bond acceptors (Lipinski definition) is 2. The number of aromatic nitrogens is 3. The SMILES string of the molecule is Cn1c(C#N)ccc1Cn1ccnc1. The van der Waals surface area contributed by atoms with Crippen LogP contribution >= 0.6 is 0 Å². The van der Waals surface area contributed by atoms with Crippen LogP contribution in [0.25, 0.3) is 0 Å². The van der Waals surface area contributed by atoms with Crippen LogP contribution in [0.1, 0.15) is 11.4 Å². The van der Waals surface area contributed by atoms with Crippen LogP contribution in [0.5, 0.6) is 0 Å². The summed E-state index contributed by atoms with van der Waals surface area (Å²) in [7, 11) is 1.89. The second-order valence-electron chi connectivity index (χ2n) is 3.12. The Balaban J connectivity index is 2.27. The van der Waals surface area contributed by atoms with Crippen LogP contribution in [-0.4, -0.2) is 14.1 Å². The molecule has 4 nitrogen and oxygen atoms in total. The Morgan fingerprint density at radius 1 is 1.50 bits per heavy atom. The Morgan fingerprint density at radius 2 is 2.36 bits per heavy atom. The Hall–Kier alpha value is -2.02. The topological polar surface area (TPSA) is 46.5 Å². The minimum atomic E-state index is 0.681. The summed E-state index contributed by atoms with van der Waals surface area (Å²) in [6, 6.07) is 5.92. The molecule has 0 bridgehead atoms. The number of hydrogen-bond donors (Lipinski definition) is 0. The van der Waals surface area contributed by atoms with E-state index in [0.29, 0.717) is 5.69 Å². The lowest BCUT2D eigenvalue weighted by atomic mass is 10.4. The summed E-state index contributed by atoms with van der Waals surface area (Å²) >= 11 is 0. The third kappa shape index (κ3) is 1.40. The van der Waals surface area contributed by atoms with E-state index in [2.05, 4.69) is 11.1 Å². The van der Waals surface area contributed by atoms with Crippen molar-refractivity contribution in [2.24, 2.45) is 7.05 Å². The van der Waals surface area contributed by atoms with Crippen LogP contribution in [0.4, 0.5) is 0 Å². The Labute approximate surface area is 82.0 Å². The smallest absolute Gasteiger partial charge is 0.120 e.